The number of carbonyl (C=O) groups is 1. The molecule has 2 aliphatic heterocycles. The number of halogens is 3. The lowest BCUT2D eigenvalue weighted by molar-refractivity contribution is -0.133. The second kappa shape index (κ2) is 13.0. The number of rotatable bonds is 8. The van der Waals surface area contributed by atoms with E-state index >= 15 is 0 Å². The largest absolute Gasteiger partial charge is 0.446 e. The molecule has 2 fully saturated rings. The Morgan fingerprint density at radius 3 is 2.18 bits per heavy atom. The smallest absolute Gasteiger partial charge is 0.372 e. The van der Waals surface area contributed by atoms with Crippen LogP contribution in [0, 0.1) is 11.8 Å². The van der Waals surface area contributed by atoms with Gasteiger partial charge < -0.3 is 9.80 Å². The zero-order valence-electron chi connectivity index (χ0n) is 23.6. The molecule has 2 saturated heterocycles. The molecule has 0 saturated carbocycles. The maximum Gasteiger partial charge on any atom is 0.446 e. The molecule has 0 aromatic heterocycles. The van der Waals surface area contributed by atoms with Crippen LogP contribution in [0.25, 0.3) is 0 Å². The molecule has 39 heavy (non-hydrogen) atoms. The van der Waals surface area contributed by atoms with E-state index < -0.39 is 5.51 Å². The molecular weight excluding hydrogens is 517 g/mol. The normalized spacial score (nSPS) is 19.4. The molecule has 0 N–H and O–H groups in total. The molecule has 4 rings (SSSR count). The van der Waals surface area contributed by atoms with Gasteiger partial charge in [0.25, 0.3) is 0 Å². The number of thioether (sulfide) groups is 1. The lowest BCUT2D eigenvalue weighted by Gasteiger charge is -2.35. The van der Waals surface area contributed by atoms with Crippen LogP contribution in [-0.4, -0.2) is 42.5 Å². The molecule has 214 valence electrons. The summed E-state index contributed by atoms with van der Waals surface area (Å²) in [5.74, 6) is 1.31. The van der Waals surface area contributed by atoms with Gasteiger partial charge in [-0.15, -0.1) is 0 Å². The average molecular weight is 561 g/mol. The molecule has 0 radical (unpaired) electrons. The Morgan fingerprint density at radius 1 is 0.897 bits per heavy atom. The van der Waals surface area contributed by atoms with Crippen LogP contribution in [0.1, 0.15) is 76.8 Å². The quantitative estimate of drug-likeness (QED) is 0.303. The third kappa shape index (κ3) is 9.19. The summed E-state index contributed by atoms with van der Waals surface area (Å²) < 4.78 is 37.7. The highest BCUT2D eigenvalue weighted by Crippen LogP contribution is 2.37. The van der Waals surface area contributed by atoms with Gasteiger partial charge in [0.1, 0.15) is 0 Å². The minimum absolute atomic E-state index is 0.0777. The Balaban J connectivity index is 1.15. The highest BCUT2D eigenvalue weighted by Gasteiger charge is 2.29. The summed E-state index contributed by atoms with van der Waals surface area (Å²) in [6, 6.07) is 15.7. The summed E-state index contributed by atoms with van der Waals surface area (Å²) in [5, 5.41) is 0. The topological polar surface area (TPSA) is 23.6 Å². The number of piperidine rings is 2. The van der Waals surface area contributed by atoms with E-state index in [1.807, 2.05) is 4.90 Å². The van der Waals surface area contributed by atoms with E-state index in [1.54, 1.807) is 24.3 Å². The Labute approximate surface area is 236 Å². The second-order valence-electron chi connectivity index (χ2n) is 12.4. The van der Waals surface area contributed by atoms with Crippen molar-refractivity contribution in [2.45, 2.75) is 88.0 Å². The summed E-state index contributed by atoms with van der Waals surface area (Å²) in [7, 11) is 0. The maximum atomic E-state index is 13.0. The molecule has 3 nitrogen and oxygen atoms in total. The Kier molecular flexibility index (Phi) is 9.95. The van der Waals surface area contributed by atoms with Crippen molar-refractivity contribution in [1.82, 2.24) is 4.90 Å². The van der Waals surface area contributed by atoms with Crippen molar-refractivity contribution in [3.05, 3.63) is 59.7 Å². The van der Waals surface area contributed by atoms with Gasteiger partial charge in [-0.2, -0.15) is 13.2 Å². The third-order valence-electron chi connectivity index (χ3n) is 8.27. The molecule has 1 amide bonds. The van der Waals surface area contributed by atoms with Crippen LogP contribution in [0.2, 0.25) is 0 Å². The van der Waals surface area contributed by atoms with E-state index in [9.17, 15) is 18.0 Å². The summed E-state index contributed by atoms with van der Waals surface area (Å²) >= 11 is -0.0777. The van der Waals surface area contributed by atoms with Crippen molar-refractivity contribution in [2.24, 2.45) is 11.8 Å². The molecule has 2 heterocycles. The van der Waals surface area contributed by atoms with Crippen LogP contribution in [0.15, 0.2) is 53.4 Å². The molecule has 2 aromatic carbocycles. The van der Waals surface area contributed by atoms with E-state index in [4.69, 9.17) is 0 Å². The molecular formula is C32H43F3N2OS. The highest BCUT2D eigenvalue weighted by atomic mass is 32.2. The average Bonchev–Trinajstić information content (AvgIpc) is 2.89. The van der Waals surface area contributed by atoms with Gasteiger partial charge in [-0.05, 0) is 109 Å². The van der Waals surface area contributed by atoms with Gasteiger partial charge in [0.05, 0.1) is 0 Å². The van der Waals surface area contributed by atoms with Gasteiger partial charge in [-0.3, -0.25) is 4.79 Å². The lowest BCUT2D eigenvalue weighted by Crippen LogP contribution is -2.40. The standard InChI is InChI=1S/C32H43F3N2OS/c1-31(2,3)27-11-13-28(14-12-27)36-20-17-24(18-21-36)6-4-8-30(38)37-19-5-7-26(23-37)22-25-9-15-29(16-10-25)39-32(33,34)35/h9-16,24,26H,4-8,17-23H2,1-3H3/t26-/m1/s1. The van der Waals surface area contributed by atoms with E-state index in [0.29, 0.717) is 18.3 Å². The molecule has 7 heteroatoms. The zero-order chi connectivity index (χ0) is 28.0. The van der Waals surface area contributed by atoms with Crippen LogP contribution in [0.3, 0.4) is 0 Å². The number of amides is 1. The van der Waals surface area contributed by atoms with Crippen molar-refractivity contribution < 1.29 is 18.0 Å². The summed E-state index contributed by atoms with van der Waals surface area (Å²) in [5.41, 5.74) is -0.373. The molecule has 0 spiro atoms. The van der Waals surface area contributed by atoms with Gasteiger partial charge in [-0.1, -0.05) is 45.0 Å². The minimum atomic E-state index is -4.26. The van der Waals surface area contributed by atoms with Gasteiger partial charge in [0, 0.05) is 43.2 Å². The number of likely N-dealkylation sites (tertiary alicyclic amines) is 1. The van der Waals surface area contributed by atoms with Gasteiger partial charge in [0.2, 0.25) is 5.91 Å². The van der Waals surface area contributed by atoms with Crippen molar-refractivity contribution in [3.8, 4) is 0 Å². The summed E-state index contributed by atoms with van der Waals surface area (Å²) in [4.78, 5) is 17.7. The van der Waals surface area contributed by atoms with Crippen LogP contribution in [0.5, 0.6) is 0 Å². The first-order valence-electron chi connectivity index (χ1n) is 14.4. The zero-order valence-corrected chi connectivity index (χ0v) is 24.4. The van der Waals surface area contributed by atoms with E-state index in [2.05, 4.69) is 49.9 Å². The second-order valence-corrected chi connectivity index (χ2v) is 13.5. The van der Waals surface area contributed by atoms with Crippen molar-refractivity contribution in [2.75, 3.05) is 31.1 Å². The number of hydrogen-bond donors (Lipinski definition) is 0. The molecule has 0 aliphatic carbocycles. The van der Waals surface area contributed by atoms with Crippen LogP contribution in [-0.2, 0) is 16.6 Å². The predicted octanol–water partition coefficient (Wildman–Crippen LogP) is 8.46. The SMILES string of the molecule is CC(C)(C)c1ccc(N2CCC(CCCC(=O)N3CCC[C@H](Cc4ccc(SC(F)(F)F)cc4)C3)CC2)cc1. The van der Waals surface area contributed by atoms with Crippen LogP contribution >= 0.6 is 11.8 Å². The van der Waals surface area contributed by atoms with Gasteiger partial charge >= 0.3 is 5.51 Å². The molecule has 0 bridgehead atoms. The Hall–Kier alpha value is -2.15. The van der Waals surface area contributed by atoms with Crippen LogP contribution < -0.4 is 4.90 Å². The Morgan fingerprint density at radius 2 is 1.56 bits per heavy atom. The fourth-order valence-electron chi connectivity index (χ4n) is 5.97. The van der Waals surface area contributed by atoms with Crippen molar-refractivity contribution in [1.29, 1.82) is 0 Å². The molecule has 1 atom stereocenters. The fourth-order valence-corrected chi connectivity index (χ4v) is 6.51. The van der Waals surface area contributed by atoms with E-state index in [1.165, 1.54) is 24.1 Å². The molecule has 0 unspecified atom stereocenters. The lowest BCUT2D eigenvalue weighted by atomic mass is 9.87. The first-order chi connectivity index (χ1) is 18.5. The number of anilines is 1. The van der Waals surface area contributed by atoms with E-state index in [-0.39, 0.29) is 28.0 Å². The summed E-state index contributed by atoms with van der Waals surface area (Å²) in [6.07, 6.45) is 7.89. The van der Waals surface area contributed by atoms with Gasteiger partial charge in [0.15, 0.2) is 0 Å². The van der Waals surface area contributed by atoms with Crippen molar-refractivity contribution in [3.63, 3.8) is 0 Å². The van der Waals surface area contributed by atoms with Crippen LogP contribution in [0.4, 0.5) is 18.9 Å². The monoisotopic (exact) mass is 560 g/mol. The van der Waals surface area contributed by atoms with Crippen molar-refractivity contribution >= 4 is 23.4 Å². The highest BCUT2D eigenvalue weighted by molar-refractivity contribution is 8.00. The minimum Gasteiger partial charge on any atom is -0.372 e. The predicted molar refractivity (Wildman–Crippen MR) is 155 cm³/mol. The third-order valence-corrected chi connectivity index (χ3v) is 9.01. The number of alkyl halides is 3. The number of nitrogens with zero attached hydrogens (tertiary/aromatic N) is 2. The first-order valence-corrected chi connectivity index (χ1v) is 15.3. The number of carbonyl (C=O) groups excluding carboxylic acids is 1. The molecule has 2 aliphatic rings. The fraction of sp³-hybridized carbons (Fsp3) is 0.594. The van der Waals surface area contributed by atoms with E-state index in [0.717, 1.165) is 63.8 Å². The van der Waals surface area contributed by atoms with Gasteiger partial charge in [-0.25, -0.2) is 0 Å². The number of benzene rings is 2. The number of hydrogen-bond acceptors (Lipinski definition) is 3. The maximum absolute atomic E-state index is 13.0. The molecule has 2 aromatic rings. The Bertz CT molecular complexity index is 1050. The summed E-state index contributed by atoms with van der Waals surface area (Å²) in [6.45, 7) is 10.5. The first kappa shape index (κ1) is 29.8.